The summed E-state index contributed by atoms with van der Waals surface area (Å²) in [6, 6.07) is -0.484. The quantitative estimate of drug-likeness (QED) is 0.518. The Morgan fingerprint density at radius 2 is 1.93 bits per heavy atom. The highest BCUT2D eigenvalue weighted by Gasteiger charge is 2.19. The normalized spacial score (nSPS) is 13.1. The Kier molecular flexibility index (Phi) is 5.07. The lowest BCUT2D eigenvalue weighted by molar-refractivity contribution is -0.146. The van der Waals surface area contributed by atoms with E-state index in [0.717, 1.165) is 6.42 Å². The Balaban J connectivity index is 3.91. The molecular weight excluding hydrogens is 200 g/mol. The van der Waals surface area contributed by atoms with Gasteiger partial charge < -0.3 is 20.8 Å². The fourth-order valence-electron chi connectivity index (χ4n) is 0.717. The lowest BCUT2D eigenvalue weighted by atomic mass is 10.0. The standard InChI is InChI=1S/C9H18N2O4/c1-4-9(2,3)11-8(15)10-5-6(12)7(13)14/h6,12H,4-5H2,1-3H3,(H,13,14)(H2,10,11,15). The van der Waals surface area contributed by atoms with E-state index in [1.165, 1.54) is 0 Å². The van der Waals surface area contributed by atoms with E-state index < -0.39 is 18.1 Å². The van der Waals surface area contributed by atoms with Gasteiger partial charge in [-0.05, 0) is 20.3 Å². The molecule has 0 saturated carbocycles. The molecule has 6 nitrogen and oxygen atoms in total. The molecule has 1 unspecified atom stereocenters. The van der Waals surface area contributed by atoms with E-state index in [1.807, 2.05) is 20.8 Å². The summed E-state index contributed by atoms with van der Waals surface area (Å²) in [5, 5.41) is 22.2. The molecule has 0 aliphatic carbocycles. The number of carbonyl (C=O) groups is 2. The largest absolute Gasteiger partial charge is 0.479 e. The van der Waals surface area contributed by atoms with Crippen LogP contribution in [0.25, 0.3) is 0 Å². The SMILES string of the molecule is CCC(C)(C)NC(=O)NCC(O)C(=O)O. The van der Waals surface area contributed by atoms with Gasteiger partial charge in [-0.2, -0.15) is 0 Å². The minimum Gasteiger partial charge on any atom is -0.479 e. The second-order valence-corrected chi connectivity index (χ2v) is 3.93. The van der Waals surface area contributed by atoms with Crippen molar-refractivity contribution in [3.8, 4) is 0 Å². The first-order valence-electron chi connectivity index (χ1n) is 4.75. The van der Waals surface area contributed by atoms with Crippen LogP contribution in [0, 0.1) is 0 Å². The van der Waals surface area contributed by atoms with Crippen LogP contribution in [0.2, 0.25) is 0 Å². The Morgan fingerprint density at radius 1 is 1.40 bits per heavy atom. The number of urea groups is 1. The molecule has 15 heavy (non-hydrogen) atoms. The average molecular weight is 218 g/mol. The molecule has 0 aliphatic heterocycles. The molecule has 1 atom stereocenters. The van der Waals surface area contributed by atoms with Crippen LogP contribution in [-0.2, 0) is 4.79 Å². The zero-order valence-corrected chi connectivity index (χ0v) is 9.20. The topological polar surface area (TPSA) is 98.7 Å². The fraction of sp³-hybridized carbons (Fsp3) is 0.778. The maximum Gasteiger partial charge on any atom is 0.334 e. The summed E-state index contributed by atoms with van der Waals surface area (Å²) < 4.78 is 0. The van der Waals surface area contributed by atoms with E-state index in [1.54, 1.807) is 0 Å². The molecule has 4 N–H and O–H groups in total. The molecule has 88 valence electrons. The lowest BCUT2D eigenvalue weighted by Gasteiger charge is -2.24. The van der Waals surface area contributed by atoms with Crippen LogP contribution in [0.15, 0.2) is 0 Å². The van der Waals surface area contributed by atoms with Gasteiger partial charge in [0.1, 0.15) is 0 Å². The summed E-state index contributed by atoms with van der Waals surface area (Å²) in [4.78, 5) is 21.4. The molecule has 0 bridgehead atoms. The molecule has 0 aliphatic rings. The number of hydrogen-bond donors (Lipinski definition) is 4. The summed E-state index contributed by atoms with van der Waals surface area (Å²) in [5.41, 5.74) is -0.349. The molecule has 0 aromatic carbocycles. The number of amides is 2. The molecule has 6 heteroatoms. The number of aliphatic hydroxyl groups excluding tert-OH is 1. The Bertz CT molecular complexity index is 240. The predicted octanol–water partition coefficient (Wildman–Crippen LogP) is -0.0803. The van der Waals surface area contributed by atoms with Gasteiger partial charge in [-0.15, -0.1) is 0 Å². The second-order valence-electron chi connectivity index (χ2n) is 3.93. The zero-order valence-electron chi connectivity index (χ0n) is 9.20. The van der Waals surface area contributed by atoms with Crippen LogP contribution in [0.1, 0.15) is 27.2 Å². The summed E-state index contributed by atoms with van der Waals surface area (Å²) in [6.07, 6.45) is -0.817. The maximum atomic E-state index is 11.2. The highest BCUT2D eigenvalue weighted by atomic mass is 16.4. The molecule has 0 radical (unpaired) electrons. The van der Waals surface area contributed by atoms with Gasteiger partial charge in [-0.25, -0.2) is 9.59 Å². The van der Waals surface area contributed by atoms with Crippen LogP contribution >= 0.6 is 0 Å². The van der Waals surface area contributed by atoms with Crippen molar-refractivity contribution in [3.05, 3.63) is 0 Å². The molecule has 0 fully saturated rings. The molecule has 0 aromatic heterocycles. The van der Waals surface area contributed by atoms with Crippen LogP contribution in [0.3, 0.4) is 0 Å². The fourth-order valence-corrected chi connectivity index (χ4v) is 0.717. The highest BCUT2D eigenvalue weighted by molar-refractivity contribution is 5.77. The molecular formula is C9H18N2O4. The summed E-state index contributed by atoms with van der Waals surface area (Å²) >= 11 is 0. The number of carbonyl (C=O) groups excluding carboxylic acids is 1. The van der Waals surface area contributed by atoms with E-state index in [4.69, 9.17) is 10.2 Å². The molecule has 0 heterocycles. The number of carboxylic acids is 1. The third-order valence-electron chi connectivity index (χ3n) is 2.08. The zero-order chi connectivity index (χ0) is 12.1. The number of nitrogens with one attached hydrogen (secondary N) is 2. The van der Waals surface area contributed by atoms with Crippen molar-refractivity contribution in [1.29, 1.82) is 0 Å². The Morgan fingerprint density at radius 3 is 2.33 bits per heavy atom. The summed E-state index contributed by atoms with van der Waals surface area (Å²) in [5.74, 6) is -1.36. The van der Waals surface area contributed by atoms with Crippen molar-refractivity contribution in [2.45, 2.75) is 38.8 Å². The first kappa shape index (κ1) is 13.7. The first-order valence-corrected chi connectivity index (χ1v) is 4.75. The van der Waals surface area contributed by atoms with E-state index >= 15 is 0 Å². The summed E-state index contributed by atoms with van der Waals surface area (Å²) in [7, 11) is 0. The van der Waals surface area contributed by atoms with Gasteiger partial charge in [0, 0.05) is 5.54 Å². The predicted molar refractivity (Wildman–Crippen MR) is 54.5 cm³/mol. The molecule has 0 spiro atoms. The minimum atomic E-state index is -1.57. The van der Waals surface area contributed by atoms with Gasteiger partial charge >= 0.3 is 12.0 Å². The van der Waals surface area contributed by atoms with E-state index in [9.17, 15) is 9.59 Å². The van der Waals surface area contributed by atoms with Gasteiger partial charge in [0.2, 0.25) is 0 Å². The van der Waals surface area contributed by atoms with Crippen molar-refractivity contribution >= 4 is 12.0 Å². The average Bonchev–Trinajstić information content (AvgIpc) is 2.13. The first-order chi connectivity index (χ1) is 6.78. The lowest BCUT2D eigenvalue weighted by Crippen LogP contribution is -2.50. The van der Waals surface area contributed by atoms with E-state index in [-0.39, 0.29) is 12.1 Å². The van der Waals surface area contributed by atoms with Crippen molar-refractivity contribution < 1.29 is 19.8 Å². The van der Waals surface area contributed by atoms with Crippen LogP contribution in [0.5, 0.6) is 0 Å². The van der Waals surface area contributed by atoms with Crippen molar-refractivity contribution in [2.75, 3.05) is 6.54 Å². The van der Waals surface area contributed by atoms with E-state index in [2.05, 4.69) is 10.6 Å². The van der Waals surface area contributed by atoms with Crippen LogP contribution in [0.4, 0.5) is 4.79 Å². The van der Waals surface area contributed by atoms with Crippen LogP contribution in [-0.4, -0.2) is 40.4 Å². The van der Waals surface area contributed by atoms with Gasteiger partial charge in [0.05, 0.1) is 6.54 Å². The molecule has 2 amide bonds. The molecule has 0 saturated heterocycles. The molecule has 0 aromatic rings. The number of aliphatic carboxylic acids is 1. The smallest absolute Gasteiger partial charge is 0.334 e. The Labute approximate surface area is 88.7 Å². The van der Waals surface area contributed by atoms with Gasteiger partial charge in [-0.1, -0.05) is 6.92 Å². The van der Waals surface area contributed by atoms with Gasteiger partial charge in [0.25, 0.3) is 0 Å². The minimum absolute atomic E-state index is 0.305. The van der Waals surface area contributed by atoms with Crippen molar-refractivity contribution in [1.82, 2.24) is 10.6 Å². The van der Waals surface area contributed by atoms with Crippen molar-refractivity contribution in [3.63, 3.8) is 0 Å². The third-order valence-corrected chi connectivity index (χ3v) is 2.08. The number of rotatable bonds is 5. The highest BCUT2D eigenvalue weighted by Crippen LogP contribution is 2.05. The van der Waals surface area contributed by atoms with Crippen molar-refractivity contribution in [2.24, 2.45) is 0 Å². The third kappa shape index (κ3) is 5.90. The number of carboxylic acid groups (broad SMARTS) is 1. The van der Waals surface area contributed by atoms with Crippen LogP contribution < -0.4 is 10.6 Å². The second kappa shape index (κ2) is 5.55. The molecule has 0 rings (SSSR count). The maximum absolute atomic E-state index is 11.2. The number of aliphatic hydroxyl groups is 1. The Hall–Kier alpha value is -1.30. The monoisotopic (exact) mass is 218 g/mol. The van der Waals surface area contributed by atoms with Gasteiger partial charge in [0.15, 0.2) is 6.10 Å². The van der Waals surface area contributed by atoms with Gasteiger partial charge in [-0.3, -0.25) is 0 Å². The summed E-state index contributed by atoms with van der Waals surface area (Å²) in [6.45, 7) is 5.31. The number of hydrogen-bond acceptors (Lipinski definition) is 3. The van der Waals surface area contributed by atoms with E-state index in [0.29, 0.717) is 0 Å².